The number of hydrogen-bond donors (Lipinski definition) is 2. The first kappa shape index (κ1) is 23.2. The van der Waals surface area contributed by atoms with E-state index < -0.39 is 0 Å². The first-order valence-corrected chi connectivity index (χ1v) is 9.91. The average Bonchev–Trinajstić information content (AvgIpc) is 2.66. The van der Waals surface area contributed by atoms with Gasteiger partial charge in [-0.25, -0.2) is 10.9 Å². The Bertz CT molecular complexity index is 832. The SMILES string of the molecule is O=C(CCCC(=O)N/N=C/c1c(Cl)cccc1Cl)N/N=C\c1c(Cl)cccc1Cl. The average molecular weight is 474 g/mol. The van der Waals surface area contributed by atoms with Gasteiger partial charge < -0.3 is 0 Å². The molecule has 10 heteroatoms. The summed E-state index contributed by atoms with van der Waals surface area (Å²) in [4.78, 5) is 23.6. The molecule has 0 aromatic heterocycles. The Hall–Kier alpha value is -2.12. The summed E-state index contributed by atoms with van der Waals surface area (Å²) in [6, 6.07) is 10.1. The van der Waals surface area contributed by atoms with Gasteiger partial charge in [-0.05, 0) is 30.7 Å². The van der Waals surface area contributed by atoms with Crippen LogP contribution < -0.4 is 10.9 Å². The molecule has 152 valence electrons. The molecule has 2 amide bonds. The van der Waals surface area contributed by atoms with Crippen molar-refractivity contribution in [3.05, 3.63) is 67.6 Å². The van der Waals surface area contributed by atoms with E-state index in [-0.39, 0.29) is 24.7 Å². The van der Waals surface area contributed by atoms with Crippen LogP contribution in [-0.2, 0) is 9.59 Å². The Balaban J connectivity index is 1.71. The Morgan fingerprint density at radius 2 is 1.07 bits per heavy atom. The van der Waals surface area contributed by atoms with Crippen LogP contribution in [0.5, 0.6) is 0 Å². The van der Waals surface area contributed by atoms with Gasteiger partial charge in [0.1, 0.15) is 0 Å². The number of nitrogens with zero attached hydrogens (tertiary/aromatic N) is 2. The van der Waals surface area contributed by atoms with Gasteiger partial charge in [-0.15, -0.1) is 0 Å². The van der Waals surface area contributed by atoms with Crippen LogP contribution in [0.2, 0.25) is 20.1 Å². The second-order valence-corrected chi connectivity index (χ2v) is 7.34. The highest BCUT2D eigenvalue weighted by atomic mass is 35.5. The minimum atomic E-state index is -0.344. The summed E-state index contributed by atoms with van der Waals surface area (Å²) in [6.45, 7) is 0. The third-order valence-corrected chi connectivity index (χ3v) is 4.89. The summed E-state index contributed by atoms with van der Waals surface area (Å²) in [6.07, 6.45) is 3.28. The predicted molar refractivity (Wildman–Crippen MR) is 118 cm³/mol. The molecule has 2 N–H and O–H groups in total. The quantitative estimate of drug-likeness (QED) is 0.414. The lowest BCUT2D eigenvalue weighted by Gasteiger charge is -2.03. The van der Waals surface area contributed by atoms with Crippen molar-refractivity contribution < 1.29 is 9.59 Å². The van der Waals surface area contributed by atoms with E-state index in [1.54, 1.807) is 36.4 Å². The number of halogens is 4. The zero-order chi connectivity index (χ0) is 21.2. The first-order valence-electron chi connectivity index (χ1n) is 8.40. The van der Waals surface area contributed by atoms with Gasteiger partial charge in [0.05, 0.1) is 32.5 Å². The number of nitrogens with one attached hydrogen (secondary N) is 2. The van der Waals surface area contributed by atoms with Crippen LogP contribution in [0, 0.1) is 0 Å². The van der Waals surface area contributed by atoms with Crippen LogP contribution >= 0.6 is 46.4 Å². The van der Waals surface area contributed by atoms with E-state index in [0.29, 0.717) is 37.6 Å². The van der Waals surface area contributed by atoms with Crippen molar-refractivity contribution in [3.63, 3.8) is 0 Å². The molecule has 0 unspecified atom stereocenters. The molecule has 0 saturated carbocycles. The smallest absolute Gasteiger partial charge is 0.240 e. The van der Waals surface area contributed by atoms with Crippen molar-refractivity contribution in [2.45, 2.75) is 19.3 Å². The second kappa shape index (κ2) is 11.8. The largest absolute Gasteiger partial charge is 0.273 e. The third kappa shape index (κ3) is 7.66. The number of amides is 2. The molecule has 0 atom stereocenters. The van der Waals surface area contributed by atoms with E-state index in [1.807, 2.05) is 0 Å². The number of carbonyl (C=O) groups excluding carboxylic acids is 2. The Morgan fingerprint density at radius 3 is 1.41 bits per heavy atom. The minimum absolute atomic E-state index is 0.112. The molecule has 6 nitrogen and oxygen atoms in total. The fourth-order valence-corrected chi connectivity index (χ4v) is 3.12. The predicted octanol–water partition coefficient (Wildman–Crippen LogP) is 5.07. The maximum atomic E-state index is 11.8. The third-order valence-electron chi connectivity index (χ3n) is 3.57. The van der Waals surface area contributed by atoms with Gasteiger partial charge in [0.25, 0.3) is 0 Å². The second-order valence-electron chi connectivity index (χ2n) is 5.71. The molecular formula is C19H16Cl4N4O2. The number of rotatable bonds is 8. The van der Waals surface area contributed by atoms with Crippen LogP contribution in [-0.4, -0.2) is 24.2 Å². The van der Waals surface area contributed by atoms with Gasteiger partial charge in [0.2, 0.25) is 11.8 Å². The van der Waals surface area contributed by atoms with Crippen molar-refractivity contribution in [3.8, 4) is 0 Å². The first-order chi connectivity index (χ1) is 13.9. The summed E-state index contributed by atoms with van der Waals surface area (Å²) in [5.74, 6) is -0.688. The molecule has 2 rings (SSSR count). The zero-order valence-corrected chi connectivity index (χ0v) is 18.0. The van der Waals surface area contributed by atoms with E-state index in [1.165, 1.54) is 12.4 Å². The molecule has 0 fully saturated rings. The molecule has 0 heterocycles. The molecular weight excluding hydrogens is 458 g/mol. The Kier molecular flexibility index (Phi) is 9.41. The number of carbonyl (C=O) groups is 2. The molecule has 29 heavy (non-hydrogen) atoms. The highest BCUT2D eigenvalue weighted by Crippen LogP contribution is 2.22. The summed E-state index contributed by atoms with van der Waals surface area (Å²) in [5.41, 5.74) is 5.73. The number of benzene rings is 2. The fourth-order valence-electron chi connectivity index (χ4n) is 2.13. The monoisotopic (exact) mass is 472 g/mol. The van der Waals surface area contributed by atoms with Crippen LogP contribution in [0.1, 0.15) is 30.4 Å². The van der Waals surface area contributed by atoms with Gasteiger partial charge in [-0.3, -0.25) is 9.59 Å². The fraction of sp³-hybridized carbons (Fsp3) is 0.158. The lowest BCUT2D eigenvalue weighted by atomic mass is 10.2. The Morgan fingerprint density at radius 1 is 0.724 bits per heavy atom. The van der Waals surface area contributed by atoms with Gasteiger partial charge >= 0.3 is 0 Å². The Labute approximate surface area is 187 Å². The van der Waals surface area contributed by atoms with E-state index in [9.17, 15) is 9.59 Å². The van der Waals surface area contributed by atoms with E-state index in [0.717, 1.165) is 0 Å². The molecule has 0 aliphatic rings. The van der Waals surface area contributed by atoms with Gasteiger partial charge in [-0.1, -0.05) is 58.5 Å². The molecule has 2 aromatic carbocycles. The maximum Gasteiger partial charge on any atom is 0.240 e. The van der Waals surface area contributed by atoms with Gasteiger partial charge in [0.15, 0.2) is 0 Å². The molecule has 0 bridgehead atoms. The van der Waals surface area contributed by atoms with Crippen LogP contribution in [0.3, 0.4) is 0 Å². The van der Waals surface area contributed by atoms with E-state index in [2.05, 4.69) is 21.1 Å². The van der Waals surface area contributed by atoms with E-state index >= 15 is 0 Å². The topological polar surface area (TPSA) is 82.9 Å². The standard InChI is InChI=1S/C19H16Cl4N4O2/c20-14-4-1-5-15(21)12(14)10-24-26-18(28)8-3-9-19(29)27-25-11-13-16(22)6-2-7-17(13)23/h1-2,4-7,10-11H,3,8-9H2,(H,26,28)(H,27,29)/b24-10-,25-11+. The molecule has 0 aliphatic carbocycles. The highest BCUT2D eigenvalue weighted by Gasteiger charge is 2.06. The molecule has 0 radical (unpaired) electrons. The highest BCUT2D eigenvalue weighted by molar-refractivity contribution is 6.39. The van der Waals surface area contributed by atoms with Crippen molar-refractivity contribution in [2.75, 3.05) is 0 Å². The lowest BCUT2D eigenvalue weighted by molar-refractivity contribution is -0.122. The number of hydrazone groups is 2. The molecule has 2 aromatic rings. The summed E-state index contributed by atoms with van der Waals surface area (Å²) < 4.78 is 0. The molecule has 0 saturated heterocycles. The molecule has 0 spiro atoms. The van der Waals surface area contributed by atoms with Gasteiger partial charge in [0, 0.05) is 24.0 Å². The minimum Gasteiger partial charge on any atom is -0.273 e. The normalized spacial score (nSPS) is 11.2. The van der Waals surface area contributed by atoms with Crippen LogP contribution in [0.15, 0.2) is 46.6 Å². The van der Waals surface area contributed by atoms with Gasteiger partial charge in [-0.2, -0.15) is 10.2 Å². The van der Waals surface area contributed by atoms with Crippen molar-refractivity contribution in [1.82, 2.24) is 10.9 Å². The van der Waals surface area contributed by atoms with Crippen LogP contribution in [0.25, 0.3) is 0 Å². The van der Waals surface area contributed by atoms with Crippen molar-refractivity contribution >= 4 is 70.6 Å². The van der Waals surface area contributed by atoms with Crippen LogP contribution in [0.4, 0.5) is 0 Å². The summed E-state index contributed by atoms with van der Waals surface area (Å²) in [5, 5.41) is 9.32. The zero-order valence-electron chi connectivity index (χ0n) is 15.0. The lowest BCUT2D eigenvalue weighted by Crippen LogP contribution is -2.20. The maximum absolute atomic E-state index is 11.8. The van der Waals surface area contributed by atoms with Crippen molar-refractivity contribution in [1.29, 1.82) is 0 Å². The summed E-state index contributed by atoms with van der Waals surface area (Å²) >= 11 is 24.0. The van der Waals surface area contributed by atoms with E-state index in [4.69, 9.17) is 46.4 Å². The number of hydrogen-bond acceptors (Lipinski definition) is 4. The summed E-state index contributed by atoms with van der Waals surface area (Å²) in [7, 11) is 0. The molecule has 0 aliphatic heterocycles. The van der Waals surface area contributed by atoms with Crippen molar-refractivity contribution in [2.24, 2.45) is 10.2 Å².